The molecule has 0 aliphatic heterocycles. The number of hydrogen-bond donors (Lipinski definition) is 0. The molecule has 0 spiro atoms. The fraction of sp³-hybridized carbons (Fsp3) is 0.846. The molecule has 1 aliphatic rings. The zero-order valence-electron chi connectivity index (χ0n) is 9.47. The summed E-state index contributed by atoms with van der Waals surface area (Å²) >= 11 is 0. The summed E-state index contributed by atoms with van der Waals surface area (Å²) in [6, 6.07) is 0. The van der Waals surface area contributed by atoms with Gasteiger partial charge in [-0.1, -0.05) is 38.8 Å². The summed E-state index contributed by atoms with van der Waals surface area (Å²) in [5.74, 6) is 1.82. The fourth-order valence-electron chi connectivity index (χ4n) is 1.98. The van der Waals surface area contributed by atoms with Gasteiger partial charge in [0.1, 0.15) is 0 Å². The molecular formula is C13H24. The molecule has 0 aromatic carbocycles. The molecule has 0 aromatic rings. The van der Waals surface area contributed by atoms with E-state index in [0.717, 1.165) is 11.8 Å². The van der Waals surface area contributed by atoms with Crippen molar-refractivity contribution in [3.05, 3.63) is 11.6 Å². The first-order valence-electron chi connectivity index (χ1n) is 5.86. The van der Waals surface area contributed by atoms with Crippen LogP contribution in [0, 0.1) is 11.8 Å². The zero-order valence-corrected chi connectivity index (χ0v) is 9.47. The van der Waals surface area contributed by atoms with E-state index in [1.165, 1.54) is 38.5 Å². The van der Waals surface area contributed by atoms with Gasteiger partial charge in [-0.2, -0.15) is 0 Å². The van der Waals surface area contributed by atoms with Crippen LogP contribution in [0.3, 0.4) is 0 Å². The highest BCUT2D eigenvalue weighted by atomic mass is 14.1. The molecule has 1 atom stereocenters. The van der Waals surface area contributed by atoms with E-state index in [2.05, 4.69) is 26.8 Å². The monoisotopic (exact) mass is 180 g/mol. The summed E-state index contributed by atoms with van der Waals surface area (Å²) in [5, 5.41) is 0. The molecule has 1 rings (SSSR count). The smallest absolute Gasteiger partial charge is 0.0318 e. The minimum atomic E-state index is 0.878. The standard InChI is InChI=1S/C13H24/c1-11(2)5-4-6-13-9-7-12(3)8-10-13/h9,11-12H,4-8,10H2,1-3H3. The summed E-state index contributed by atoms with van der Waals surface area (Å²) in [5.41, 5.74) is 1.73. The first-order chi connectivity index (χ1) is 6.18. The third kappa shape index (κ3) is 4.50. The molecule has 1 aliphatic carbocycles. The minimum Gasteiger partial charge on any atom is -0.0851 e. The second kappa shape index (κ2) is 5.47. The van der Waals surface area contributed by atoms with Crippen LogP contribution >= 0.6 is 0 Å². The largest absolute Gasteiger partial charge is 0.0851 e. The van der Waals surface area contributed by atoms with Gasteiger partial charge in [0, 0.05) is 0 Å². The predicted octanol–water partition coefficient (Wildman–Crippen LogP) is 4.56. The van der Waals surface area contributed by atoms with E-state index in [1.807, 2.05) is 0 Å². The number of rotatable bonds is 4. The van der Waals surface area contributed by atoms with Crippen LogP contribution in [0.1, 0.15) is 59.3 Å². The highest BCUT2D eigenvalue weighted by molar-refractivity contribution is 5.05. The second-order valence-electron chi connectivity index (χ2n) is 5.03. The summed E-state index contributed by atoms with van der Waals surface area (Å²) in [6.07, 6.45) is 10.8. The molecule has 1 unspecified atom stereocenters. The van der Waals surface area contributed by atoms with Crippen LogP contribution in [0.4, 0.5) is 0 Å². The van der Waals surface area contributed by atoms with Crippen molar-refractivity contribution >= 4 is 0 Å². The van der Waals surface area contributed by atoms with Crippen LogP contribution in [-0.2, 0) is 0 Å². The molecule has 0 saturated carbocycles. The molecule has 0 aromatic heterocycles. The van der Waals surface area contributed by atoms with Crippen LogP contribution in [0.15, 0.2) is 11.6 Å². The van der Waals surface area contributed by atoms with E-state index in [1.54, 1.807) is 5.57 Å². The lowest BCUT2D eigenvalue weighted by Crippen LogP contribution is -2.01. The summed E-state index contributed by atoms with van der Waals surface area (Å²) in [4.78, 5) is 0. The number of allylic oxidation sites excluding steroid dienone is 2. The Bertz CT molecular complexity index is 165. The van der Waals surface area contributed by atoms with Gasteiger partial charge in [0.15, 0.2) is 0 Å². The molecule has 0 amide bonds. The van der Waals surface area contributed by atoms with Gasteiger partial charge in [-0.3, -0.25) is 0 Å². The summed E-state index contributed by atoms with van der Waals surface area (Å²) in [6.45, 7) is 7.00. The van der Waals surface area contributed by atoms with Crippen molar-refractivity contribution in [2.45, 2.75) is 59.3 Å². The summed E-state index contributed by atoms with van der Waals surface area (Å²) < 4.78 is 0. The Morgan fingerprint density at radius 3 is 2.77 bits per heavy atom. The third-order valence-corrected chi connectivity index (χ3v) is 3.05. The second-order valence-corrected chi connectivity index (χ2v) is 5.03. The molecule has 0 fully saturated rings. The molecule has 0 heterocycles. The maximum atomic E-state index is 2.49. The molecule has 0 N–H and O–H groups in total. The average molecular weight is 180 g/mol. The fourth-order valence-corrected chi connectivity index (χ4v) is 1.98. The Kier molecular flexibility index (Phi) is 4.55. The van der Waals surface area contributed by atoms with Gasteiger partial charge in [0.25, 0.3) is 0 Å². The van der Waals surface area contributed by atoms with Crippen molar-refractivity contribution < 1.29 is 0 Å². The lowest BCUT2D eigenvalue weighted by atomic mass is 9.88. The predicted molar refractivity (Wildman–Crippen MR) is 59.8 cm³/mol. The highest BCUT2D eigenvalue weighted by Gasteiger charge is 2.09. The van der Waals surface area contributed by atoms with Gasteiger partial charge < -0.3 is 0 Å². The van der Waals surface area contributed by atoms with Gasteiger partial charge in [-0.05, 0) is 43.9 Å². The van der Waals surface area contributed by atoms with Crippen molar-refractivity contribution in [3.8, 4) is 0 Å². The lowest BCUT2D eigenvalue weighted by molar-refractivity contribution is 0.492. The van der Waals surface area contributed by atoms with Crippen molar-refractivity contribution in [1.29, 1.82) is 0 Å². The Balaban J connectivity index is 2.15. The molecule has 0 nitrogen and oxygen atoms in total. The molecule has 0 saturated heterocycles. The SMILES string of the molecule is CC(C)CCCC1=CCC(C)CC1. The first kappa shape index (κ1) is 10.8. The van der Waals surface area contributed by atoms with Crippen LogP contribution in [0.25, 0.3) is 0 Å². The van der Waals surface area contributed by atoms with Crippen LogP contribution in [-0.4, -0.2) is 0 Å². The maximum Gasteiger partial charge on any atom is -0.0318 e. The number of hydrogen-bond acceptors (Lipinski definition) is 0. The van der Waals surface area contributed by atoms with Crippen molar-refractivity contribution in [3.63, 3.8) is 0 Å². The van der Waals surface area contributed by atoms with E-state index >= 15 is 0 Å². The van der Waals surface area contributed by atoms with E-state index in [0.29, 0.717) is 0 Å². The van der Waals surface area contributed by atoms with Crippen LogP contribution in [0.2, 0.25) is 0 Å². The third-order valence-electron chi connectivity index (χ3n) is 3.05. The lowest BCUT2D eigenvalue weighted by Gasteiger charge is -2.18. The van der Waals surface area contributed by atoms with E-state index in [9.17, 15) is 0 Å². The highest BCUT2D eigenvalue weighted by Crippen LogP contribution is 2.26. The molecule has 0 radical (unpaired) electrons. The molecule has 76 valence electrons. The van der Waals surface area contributed by atoms with Crippen molar-refractivity contribution in [2.24, 2.45) is 11.8 Å². The molecule has 13 heavy (non-hydrogen) atoms. The molecule has 0 bridgehead atoms. The normalized spacial score (nSPS) is 23.4. The minimum absolute atomic E-state index is 0.878. The topological polar surface area (TPSA) is 0 Å². The van der Waals surface area contributed by atoms with Crippen molar-refractivity contribution in [2.75, 3.05) is 0 Å². The Morgan fingerprint density at radius 1 is 1.46 bits per heavy atom. The van der Waals surface area contributed by atoms with Crippen LogP contribution in [0.5, 0.6) is 0 Å². The van der Waals surface area contributed by atoms with E-state index in [-0.39, 0.29) is 0 Å². The van der Waals surface area contributed by atoms with E-state index in [4.69, 9.17) is 0 Å². The van der Waals surface area contributed by atoms with Gasteiger partial charge in [-0.25, -0.2) is 0 Å². The first-order valence-corrected chi connectivity index (χ1v) is 5.86. The average Bonchev–Trinajstić information content (AvgIpc) is 2.08. The van der Waals surface area contributed by atoms with Gasteiger partial charge in [0.2, 0.25) is 0 Å². The maximum absolute atomic E-state index is 2.49. The quantitative estimate of drug-likeness (QED) is 0.556. The van der Waals surface area contributed by atoms with Gasteiger partial charge >= 0.3 is 0 Å². The summed E-state index contributed by atoms with van der Waals surface area (Å²) in [7, 11) is 0. The van der Waals surface area contributed by atoms with Gasteiger partial charge in [-0.15, -0.1) is 0 Å². The molecule has 0 heteroatoms. The zero-order chi connectivity index (χ0) is 9.68. The Hall–Kier alpha value is -0.260. The molecular weight excluding hydrogens is 156 g/mol. The van der Waals surface area contributed by atoms with Gasteiger partial charge in [0.05, 0.1) is 0 Å². The van der Waals surface area contributed by atoms with E-state index < -0.39 is 0 Å². The Labute approximate surface area is 83.4 Å². The Morgan fingerprint density at radius 2 is 2.23 bits per heavy atom. The van der Waals surface area contributed by atoms with Crippen molar-refractivity contribution in [1.82, 2.24) is 0 Å². The van der Waals surface area contributed by atoms with Crippen LogP contribution < -0.4 is 0 Å².